The van der Waals surface area contributed by atoms with Gasteiger partial charge in [-0.2, -0.15) is 0 Å². The van der Waals surface area contributed by atoms with Gasteiger partial charge in [-0.25, -0.2) is 4.98 Å². The van der Waals surface area contributed by atoms with Crippen LogP contribution in [-0.2, 0) is 16.1 Å². The molecule has 31 heavy (non-hydrogen) atoms. The van der Waals surface area contributed by atoms with E-state index in [1.165, 1.54) is 0 Å². The number of carbonyl (C=O) groups excluding carboxylic acids is 2. The minimum Gasteiger partial charge on any atom is -0.495 e. The molecule has 162 valence electrons. The number of nitrogens with zero attached hydrogens (tertiary/aromatic N) is 3. The number of benzene rings is 2. The Morgan fingerprint density at radius 3 is 2.81 bits per heavy atom. The molecule has 3 aromatic rings. The monoisotopic (exact) mass is 440 g/mol. The van der Waals surface area contributed by atoms with Crippen LogP contribution in [0.15, 0.2) is 42.5 Å². The van der Waals surface area contributed by atoms with E-state index in [0.717, 1.165) is 16.9 Å². The first-order valence-corrected chi connectivity index (χ1v) is 10.6. The fourth-order valence-corrected chi connectivity index (χ4v) is 4.24. The molecule has 1 N–H and O–H groups in total. The predicted molar refractivity (Wildman–Crippen MR) is 121 cm³/mol. The van der Waals surface area contributed by atoms with E-state index in [1.807, 2.05) is 42.7 Å². The molecule has 0 radical (unpaired) electrons. The average Bonchev–Trinajstić information content (AvgIpc) is 3.28. The summed E-state index contributed by atoms with van der Waals surface area (Å²) in [6, 6.07) is 13.0. The summed E-state index contributed by atoms with van der Waals surface area (Å²) in [5, 5.41) is 3.46. The summed E-state index contributed by atoms with van der Waals surface area (Å²) in [5.74, 6) is 1.04. The Kier molecular flexibility index (Phi) is 5.87. The van der Waals surface area contributed by atoms with Crippen LogP contribution in [0.4, 0.5) is 5.69 Å². The highest BCUT2D eigenvalue weighted by Gasteiger charge is 2.36. The van der Waals surface area contributed by atoms with Crippen LogP contribution >= 0.6 is 11.6 Å². The van der Waals surface area contributed by atoms with Crippen molar-refractivity contribution in [1.82, 2.24) is 14.9 Å². The predicted octanol–water partition coefficient (Wildman–Crippen LogP) is 3.74. The maximum absolute atomic E-state index is 12.9. The van der Waals surface area contributed by atoms with Gasteiger partial charge < -0.3 is 19.5 Å². The van der Waals surface area contributed by atoms with Crippen molar-refractivity contribution < 1.29 is 14.3 Å². The van der Waals surface area contributed by atoms with E-state index in [0.29, 0.717) is 29.4 Å². The Labute approximate surface area is 186 Å². The van der Waals surface area contributed by atoms with Crippen LogP contribution in [-0.4, -0.2) is 41.1 Å². The Bertz CT molecular complexity index is 1140. The summed E-state index contributed by atoms with van der Waals surface area (Å²) >= 11 is 6.18. The highest BCUT2D eigenvalue weighted by Crippen LogP contribution is 2.38. The number of nitrogens with one attached hydrogen (secondary N) is 1. The lowest BCUT2D eigenvalue weighted by atomic mass is 10.1. The van der Waals surface area contributed by atoms with E-state index in [-0.39, 0.29) is 30.3 Å². The molecule has 4 rings (SSSR count). The average molecular weight is 441 g/mol. The van der Waals surface area contributed by atoms with Crippen LogP contribution in [0.25, 0.3) is 11.0 Å². The Balaban J connectivity index is 1.69. The van der Waals surface area contributed by atoms with Crippen molar-refractivity contribution in [3.8, 4) is 5.75 Å². The van der Waals surface area contributed by atoms with Crippen molar-refractivity contribution >= 4 is 40.1 Å². The molecule has 1 saturated heterocycles. The van der Waals surface area contributed by atoms with Crippen LogP contribution in [0.3, 0.4) is 0 Å². The number of rotatable bonds is 6. The molecule has 0 spiro atoms. The van der Waals surface area contributed by atoms with Crippen molar-refractivity contribution in [3.05, 3.63) is 53.3 Å². The maximum Gasteiger partial charge on any atom is 0.240 e. The number of aromatic nitrogens is 2. The number of methoxy groups -OCH3 is 1. The molecule has 1 fully saturated rings. The summed E-state index contributed by atoms with van der Waals surface area (Å²) in [6.45, 7) is 4.44. The van der Waals surface area contributed by atoms with Gasteiger partial charge in [0.05, 0.1) is 23.8 Å². The fraction of sp³-hybridized carbons (Fsp3) is 0.348. The molecule has 0 saturated carbocycles. The number of hydrogen-bond donors (Lipinski definition) is 1. The maximum atomic E-state index is 12.9. The van der Waals surface area contributed by atoms with Gasteiger partial charge in [-0.05, 0) is 44.2 Å². The van der Waals surface area contributed by atoms with Gasteiger partial charge in [-0.3, -0.25) is 9.59 Å². The lowest BCUT2D eigenvalue weighted by molar-refractivity contribution is -0.122. The Morgan fingerprint density at radius 1 is 1.29 bits per heavy atom. The van der Waals surface area contributed by atoms with Gasteiger partial charge in [0, 0.05) is 29.9 Å². The topological polar surface area (TPSA) is 76.5 Å². The Hall–Kier alpha value is -3.06. The Morgan fingerprint density at radius 2 is 2.06 bits per heavy atom. The van der Waals surface area contributed by atoms with E-state index in [1.54, 1.807) is 30.2 Å². The number of hydrogen-bond acceptors (Lipinski definition) is 4. The molecule has 0 bridgehead atoms. The minimum atomic E-state index is -0.157. The number of imidazole rings is 1. The van der Waals surface area contributed by atoms with E-state index >= 15 is 0 Å². The molecule has 0 unspecified atom stereocenters. The third kappa shape index (κ3) is 4.23. The van der Waals surface area contributed by atoms with Crippen molar-refractivity contribution in [3.63, 3.8) is 0 Å². The van der Waals surface area contributed by atoms with Gasteiger partial charge in [0.25, 0.3) is 0 Å². The lowest BCUT2D eigenvalue weighted by Crippen LogP contribution is -2.33. The van der Waals surface area contributed by atoms with Crippen molar-refractivity contribution in [2.45, 2.75) is 38.8 Å². The third-order valence-electron chi connectivity index (χ3n) is 5.36. The third-order valence-corrected chi connectivity index (χ3v) is 5.59. The number of halogens is 1. The molecule has 0 aliphatic carbocycles. The zero-order valence-electron chi connectivity index (χ0n) is 17.8. The van der Waals surface area contributed by atoms with Crippen LogP contribution < -0.4 is 15.0 Å². The molecule has 1 aliphatic heterocycles. The molecule has 1 aliphatic rings. The number of para-hydroxylation sites is 2. The fourth-order valence-electron chi connectivity index (χ4n) is 4.07. The number of ether oxygens (including phenoxy) is 1. The van der Waals surface area contributed by atoms with Crippen LogP contribution in [0, 0.1) is 0 Å². The van der Waals surface area contributed by atoms with Gasteiger partial charge in [-0.1, -0.05) is 23.7 Å². The summed E-state index contributed by atoms with van der Waals surface area (Å²) < 4.78 is 7.36. The number of carbonyl (C=O) groups is 2. The van der Waals surface area contributed by atoms with Crippen molar-refractivity contribution in [1.29, 1.82) is 0 Å². The molecule has 2 aromatic carbocycles. The first-order chi connectivity index (χ1) is 14.9. The van der Waals surface area contributed by atoms with Gasteiger partial charge in [0.15, 0.2) is 0 Å². The summed E-state index contributed by atoms with van der Waals surface area (Å²) in [7, 11) is 1.57. The zero-order chi connectivity index (χ0) is 22.1. The van der Waals surface area contributed by atoms with Crippen LogP contribution in [0.2, 0.25) is 5.02 Å². The molecular weight excluding hydrogens is 416 g/mol. The van der Waals surface area contributed by atoms with E-state index in [2.05, 4.69) is 5.32 Å². The summed E-state index contributed by atoms with van der Waals surface area (Å²) in [6.07, 6.45) is 0.296. The minimum absolute atomic E-state index is 0.0317. The van der Waals surface area contributed by atoms with Gasteiger partial charge in [0.1, 0.15) is 18.1 Å². The van der Waals surface area contributed by atoms with Gasteiger partial charge in [-0.15, -0.1) is 0 Å². The summed E-state index contributed by atoms with van der Waals surface area (Å²) in [4.78, 5) is 32.0. The van der Waals surface area contributed by atoms with Crippen LogP contribution in [0.5, 0.6) is 5.75 Å². The van der Waals surface area contributed by atoms with Crippen molar-refractivity contribution in [2.24, 2.45) is 0 Å². The van der Waals surface area contributed by atoms with Crippen molar-refractivity contribution in [2.75, 3.05) is 18.6 Å². The number of fused-ring (bicyclic) bond motifs is 1. The smallest absolute Gasteiger partial charge is 0.240 e. The molecular formula is C23H25ClN4O3. The summed E-state index contributed by atoms with van der Waals surface area (Å²) in [5.41, 5.74) is 2.33. The molecule has 7 nitrogen and oxygen atoms in total. The van der Waals surface area contributed by atoms with Gasteiger partial charge >= 0.3 is 0 Å². The molecule has 8 heteroatoms. The van der Waals surface area contributed by atoms with E-state index in [9.17, 15) is 9.59 Å². The zero-order valence-corrected chi connectivity index (χ0v) is 18.5. The molecule has 2 heterocycles. The second-order valence-corrected chi connectivity index (χ2v) is 8.43. The highest BCUT2D eigenvalue weighted by molar-refractivity contribution is 6.31. The lowest BCUT2D eigenvalue weighted by Gasteiger charge is -2.20. The normalized spacial score (nSPS) is 16.4. The second-order valence-electron chi connectivity index (χ2n) is 7.99. The quantitative estimate of drug-likeness (QED) is 0.633. The standard InChI is InChI=1S/C23H25ClN4O3/c1-14(2)25-21(29)13-28-18-7-5-4-6-17(18)26-23(28)15-10-22(30)27(12-15)19-11-16(24)8-9-20(19)31-3/h4-9,11,14-15H,10,12-13H2,1-3H3,(H,25,29)/t15-/m1/s1. The number of anilines is 1. The first kappa shape index (κ1) is 21.2. The first-order valence-electron chi connectivity index (χ1n) is 10.3. The number of amides is 2. The van der Waals surface area contributed by atoms with Crippen LogP contribution in [0.1, 0.15) is 32.0 Å². The highest BCUT2D eigenvalue weighted by atomic mass is 35.5. The van der Waals surface area contributed by atoms with Gasteiger partial charge in [0.2, 0.25) is 11.8 Å². The molecule has 1 aromatic heterocycles. The van der Waals surface area contributed by atoms with E-state index < -0.39 is 0 Å². The molecule has 1 atom stereocenters. The van der Waals surface area contributed by atoms with E-state index in [4.69, 9.17) is 21.3 Å². The second kappa shape index (κ2) is 8.59. The molecule has 2 amide bonds. The SMILES string of the molecule is COc1ccc(Cl)cc1N1C[C@H](c2nc3ccccc3n2CC(=O)NC(C)C)CC1=O. The largest absolute Gasteiger partial charge is 0.495 e.